The van der Waals surface area contributed by atoms with Gasteiger partial charge in [0, 0.05) is 25.5 Å². The molecule has 20 heavy (non-hydrogen) atoms. The Morgan fingerprint density at radius 3 is 2.65 bits per heavy atom. The summed E-state index contributed by atoms with van der Waals surface area (Å²) in [6.45, 7) is 3.74. The minimum Gasteiger partial charge on any atom is -0.480 e. The number of carboxylic acids is 1. The first-order chi connectivity index (χ1) is 9.15. The minimum absolute atomic E-state index is 0.0154. The Morgan fingerprint density at radius 1 is 1.50 bits per heavy atom. The van der Waals surface area contributed by atoms with E-state index in [9.17, 15) is 23.1 Å². The molecule has 1 fully saturated rings. The highest BCUT2D eigenvalue weighted by Crippen LogP contribution is 2.33. The summed E-state index contributed by atoms with van der Waals surface area (Å²) in [4.78, 5) is 11.4. The molecular weight excluding hydrogens is 275 g/mol. The fourth-order valence-electron chi connectivity index (χ4n) is 2.60. The highest BCUT2D eigenvalue weighted by molar-refractivity contribution is 5.79. The first-order valence-corrected chi connectivity index (χ1v) is 6.84. The van der Waals surface area contributed by atoms with Gasteiger partial charge < -0.3 is 9.84 Å². The molecule has 0 aromatic heterocycles. The molecule has 1 aliphatic carbocycles. The molecule has 0 bridgehead atoms. The molecule has 0 aliphatic heterocycles. The van der Waals surface area contributed by atoms with Gasteiger partial charge in [0.2, 0.25) is 0 Å². The smallest absolute Gasteiger partial charge is 0.389 e. The van der Waals surface area contributed by atoms with Crippen LogP contribution >= 0.6 is 0 Å². The lowest BCUT2D eigenvalue weighted by atomic mass is 9.96. The third-order valence-electron chi connectivity index (χ3n) is 3.40. The van der Waals surface area contributed by atoms with Crippen molar-refractivity contribution in [2.75, 3.05) is 6.61 Å². The number of hydrogen-bond acceptors (Lipinski definition) is 3. The van der Waals surface area contributed by atoms with E-state index >= 15 is 0 Å². The van der Waals surface area contributed by atoms with Crippen molar-refractivity contribution in [2.24, 2.45) is 0 Å². The number of nitrogens with one attached hydrogen (secondary N) is 1. The lowest BCUT2D eigenvalue weighted by molar-refractivity contribution is -0.145. The third-order valence-corrected chi connectivity index (χ3v) is 3.40. The van der Waals surface area contributed by atoms with Gasteiger partial charge in [0.25, 0.3) is 0 Å². The highest BCUT2D eigenvalue weighted by Gasteiger charge is 2.46. The van der Waals surface area contributed by atoms with Crippen molar-refractivity contribution >= 4 is 5.97 Å². The van der Waals surface area contributed by atoms with E-state index < -0.39 is 24.1 Å². The molecule has 2 unspecified atom stereocenters. The summed E-state index contributed by atoms with van der Waals surface area (Å²) in [5.74, 6) is -0.924. The number of ether oxygens (including phenoxy) is 1. The van der Waals surface area contributed by atoms with Crippen LogP contribution in [0.25, 0.3) is 0 Å². The van der Waals surface area contributed by atoms with Crippen LogP contribution < -0.4 is 5.32 Å². The number of carboxylic acid groups (broad SMARTS) is 1. The fraction of sp³-hybridized carbons (Fsp3) is 0.923. The largest absolute Gasteiger partial charge is 0.480 e. The maximum absolute atomic E-state index is 12.0. The summed E-state index contributed by atoms with van der Waals surface area (Å²) in [5, 5.41) is 12.4. The van der Waals surface area contributed by atoms with E-state index in [2.05, 4.69) is 5.32 Å². The molecule has 1 aliphatic rings. The van der Waals surface area contributed by atoms with Gasteiger partial charge >= 0.3 is 12.1 Å². The Hall–Kier alpha value is -0.820. The van der Waals surface area contributed by atoms with Gasteiger partial charge in [0.15, 0.2) is 0 Å². The third kappa shape index (κ3) is 5.28. The maximum atomic E-state index is 12.0. The van der Waals surface area contributed by atoms with Gasteiger partial charge in [-0.05, 0) is 33.1 Å². The van der Waals surface area contributed by atoms with Crippen LogP contribution in [0.4, 0.5) is 13.2 Å². The van der Waals surface area contributed by atoms with Gasteiger partial charge in [-0.25, -0.2) is 0 Å². The number of alkyl halides is 3. The van der Waals surface area contributed by atoms with E-state index in [1.165, 1.54) is 0 Å². The topological polar surface area (TPSA) is 58.6 Å². The van der Waals surface area contributed by atoms with E-state index in [-0.39, 0.29) is 25.2 Å². The summed E-state index contributed by atoms with van der Waals surface area (Å²) in [6, 6.07) is 0.0232. The average Bonchev–Trinajstić information content (AvgIpc) is 2.67. The van der Waals surface area contributed by atoms with Crippen LogP contribution in [0.5, 0.6) is 0 Å². The van der Waals surface area contributed by atoms with Crippen molar-refractivity contribution < 1.29 is 27.8 Å². The number of halogens is 3. The number of hydrogen-bond donors (Lipinski definition) is 2. The summed E-state index contributed by atoms with van der Waals surface area (Å²) < 4.78 is 41.3. The van der Waals surface area contributed by atoms with Gasteiger partial charge in [0.05, 0.1) is 6.10 Å². The SMILES string of the molecule is CC(C)NC1(C(=O)O)CCC(OCCCC(F)(F)F)C1. The lowest BCUT2D eigenvalue weighted by Gasteiger charge is -2.28. The van der Waals surface area contributed by atoms with Crippen LogP contribution in [0.15, 0.2) is 0 Å². The van der Waals surface area contributed by atoms with Crippen molar-refractivity contribution in [3.05, 3.63) is 0 Å². The van der Waals surface area contributed by atoms with E-state index in [1.54, 1.807) is 0 Å². The normalized spacial score (nSPS) is 27.2. The van der Waals surface area contributed by atoms with Crippen molar-refractivity contribution in [3.8, 4) is 0 Å². The molecule has 0 heterocycles. The molecule has 7 heteroatoms. The molecule has 4 nitrogen and oxygen atoms in total. The van der Waals surface area contributed by atoms with Crippen LogP contribution in [-0.2, 0) is 9.53 Å². The summed E-state index contributed by atoms with van der Waals surface area (Å²) in [5.41, 5.74) is -1.01. The Morgan fingerprint density at radius 2 is 2.15 bits per heavy atom. The molecule has 0 radical (unpaired) electrons. The van der Waals surface area contributed by atoms with Gasteiger partial charge in [-0.15, -0.1) is 0 Å². The van der Waals surface area contributed by atoms with E-state index in [1.807, 2.05) is 13.8 Å². The molecule has 1 rings (SSSR count). The molecule has 118 valence electrons. The minimum atomic E-state index is -4.16. The predicted molar refractivity (Wildman–Crippen MR) is 67.5 cm³/mol. The molecule has 0 amide bonds. The van der Waals surface area contributed by atoms with Crippen molar-refractivity contribution in [1.82, 2.24) is 5.32 Å². The molecule has 0 spiro atoms. The van der Waals surface area contributed by atoms with Crippen molar-refractivity contribution in [2.45, 2.75) is 69.8 Å². The zero-order valence-electron chi connectivity index (χ0n) is 11.8. The molecule has 0 aromatic rings. The van der Waals surface area contributed by atoms with E-state index in [0.29, 0.717) is 19.3 Å². The van der Waals surface area contributed by atoms with E-state index in [4.69, 9.17) is 4.74 Å². The van der Waals surface area contributed by atoms with Crippen LogP contribution in [0.2, 0.25) is 0 Å². The molecule has 2 N–H and O–H groups in total. The Balaban J connectivity index is 2.39. The van der Waals surface area contributed by atoms with E-state index in [0.717, 1.165) is 0 Å². The summed E-state index contributed by atoms with van der Waals surface area (Å²) >= 11 is 0. The zero-order valence-corrected chi connectivity index (χ0v) is 11.8. The van der Waals surface area contributed by atoms with Crippen LogP contribution in [0, 0.1) is 0 Å². The second kappa shape index (κ2) is 6.76. The highest BCUT2D eigenvalue weighted by atomic mass is 19.4. The first-order valence-electron chi connectivity index (χ1n) is 6.84. The molecule has 2 atom stereocenters. The monoisotopic (exact) mass is 297 g/mol. The Labute approximate surface area is 116 Å². The summed E-state index contributed by atoms with van der Waals surface area (Å²) in [7, 11) is 0. The van der Waals surface area contributed by atoms with Crippen molar-refractivity contribution in [1.29, 1.82) is 0 Å². The van der Waals surface area contributed by atoms with Crippen LogP contribution in [-0.4, -0.2) is 41.5 Å². The first kappa shape index (κ1) is 17.2. The quantitative estimate of drug-likeness (QED) is 0.709. The summed E-state index contributed by atoms with van der Waals surface area (Å²) in [6.07, 6.45) is -4.12. The second-order valence-corrected chi connectivity index (χ2v) is 5.64. The van der Waals surface area contributed by atoms with Gasteiger partial charge in [0.1, 0.15) is 5.54 Å². The molecular formula is C13H22F3NO3. The van der Waals surface area contributed by atoms with Crippen LogP contribution in [0.1, 0.15) is 46.0 Å². The predicted octanol–water partition coefficient (Wildman–Crippen LogP) is 2.72. The van der Waals surface area contributed by atoms with Gasteiger partial charge in [-0.3, -0.25) is 10.1 Å². The van der Waals surface area contributed by atoms with Crippen molar-refractivity contribution in [3.63, 3.8) is 0 Å². The molecule has 1 saturated carbocycles. The zero-order chi connectivity index (χ0) is 15.4. The standard InChI is InChI=1S/C13H22F3NO3/c1-9(2)17-12(11(18)19)6-4-10(8-12)20-7-3-5-13(14,15)16/h9-10,17H,3-8H2,1-2H3,(H,18,19). The lowest BCUT2D eigenvalue weighted by Crippen LogP contribution is -2.53. The van der Waals surface area contributed by atoms with Gasteiger partial charge in [-0.2, -0.15) is 13.2 Å². The Bertz CT molecular complexity index is 333. The number of aliphatic carboxylic acids is 1. The second-order valence-electron chi connectivity index (χ2n) is 5.64. The average molecular weight is 297 g/mol. The molecule has 0 aromatic carbocycles. The Kier molecular flexibility index (Phi) is 5.82. The fourth-order valence-corrected chi connectivity index (χ4v) is 2.60. The molecule has 0 saturated heterocycles. The maximum Gasteiger partial charge on any atom is 0.389 e. The number of rotatable bonds is 7. The van der Waals surface area contributed by atoms with Crippen LogP contribution in [0.3, 0.4) is 0 Å². The van der Waals surface area contributed by atoms with Gasteiger partial charge in [-0.1, -0.05) is 0 Å². The number of carbonyl (C=O) groups is 1.